The maximum absolute atomic E-state index is 12.7. The van der Waals surface area contributed by atoms with Crippen LogP contribution >= 0.6 is 0 Å². The van der Waals surface area contributed by atoms with E-state index in [0.29, 0.717) is 31.7 Å². The van der Waals surface area contributed by atoms with E-state index in [2.05, 4.69) is 19.9 Å². The van der Waals surface area contributed by atoms with Gasteiger partial charge in [-0.3, -0.25) is 19.5 Å². The number of anilines is 1. The van der Waals surface area contributed by atoms with Crippen LogP contribution in [0.4, 0.5) is 11.5 Å². The van der Waals surface area contributed by atoms with E-state index < -0.39 is 4.92 Å². The van der Waals surface area contributed by atoms with Gasteiger partial charge in [0, 0.05) is 62.3 Å². The van der Waals surface area contributed by atoms with E-state index in [1.807, 2.05) is 23.8 Å². The third kappa shape index (κ3) is 3.77. The number of carbonyl (C=O) groups is 1. The molecule has 3 aromatic rings. The molecular weight excluding hydrogens is 374 g/mol. The molecule has 0 N–H and O–H groups in total. The lowest BCUT2D eigenvalue weighted by Crippen LogP contribution is -2.49. The lowest BCUT2D eigenvalue weighted by molar-refractivity contribution is -0.384. The number of imidazole rings is 1. The Labute approximate surface area is 166 Å². The van der Waals surface area contributed by atoms with Crippen molar-refractivity contribution in [3.63, 3.8) is 0 Å². The normalized spacial score (nSPS) is 14.1. The molecule has 0 bridgehead atoms. The summed E-state index contributed by atoms with van der Waals surface area (Å²) in [5.41, 5.74) is 0.241. The molecule has 3 heterocycles. The highest BCUT2D eigenvalue weighted by atomic mass is 16.6. The van der Waals surface area contributed by atoms with Crippen molar-refractivity contribution in [2.24, 2.45) is 0 Å². The Morgan fingerprint density at radius 2 is 1.83 bits per heavy atom. The highest BCUT2D eigenvalue weighted by molar-refractivity contribution is 5.95. The Morgan fingerprint density at radius 1 is 1.07 bits per heavy atom. The van der Waals surface area contributed by atoms with Crippen molar-refractivity contribution < 1.29 is 9.72 Å². The Morgan fingerprint density at radius 3 is 2.52 bits per heavy atom. The molecule has 1 aliphatic rings. The van der Waals surface area contributed by atoms with E-state index in [9.17, 15) is 14.9 Å². The van der Waals surface area contributed by atoms with E-state index >= 15 is 0 Å². The number of amides is 1. The van der Waals surface area contributed by atoms with Crippen molar-refractivity contribution in [3.8, 4) is 5.82 Å². The molecule has 0 radical (unpaired) electrons. The van der Waals surface area contributed by atoms with Gasteiger partial charge >= 0.3 is 0 Å². The van der Waals surface area contributed by atoms with Crippen LogP contribution in [0, 0.1) is 17.0 Å². The molecule has 1 fully saturated rings. The van der Waals surface area contributed by atoms with E-state index in [1.165, 1.54) is 24.5 Å². The Balaban J connectivity index is 1.45. The predicted molar refractivity (Wildman–Crippen MR) is 105 cm³/mol. The molecule has 0 spiro atoms. The number of piperazine rings is 1. The summed E-state index contributed by atoms with van der Waals surface area (Å²) in [7, 11) is 0. The summed E-state index contributed by atoms with van der Waals surface area (Å²) < 4.78 is 1.88. The van der Waals surface area contributed by atoms with Crippen molar-refractivity contribution in [2.75, 3.05) is 31.1 Å². The van der Waals surface area contributed by atoms with Gasteiger partial charge in [0.1, 0.15) is 23.8 Å². The topological polar surface area (TPSA) is 110 Å². The van der Waals surface area contributed by atoms with E-state index in [0.717, 1.165) is 17.5 Å². The van der Waals surface area contributed by atoms with Crippen LogP contribution in [0.15, 0.2) is 49.1 Å². The highest BCUT2D eigenvalue weighted by Crippen LogP contribution is 2.19. The zero-order valence-electron chi connectivity index (χ0n) is 15.8. The minimum Gasteiger partial charge on any atom is -0.353 e. The summed E-state index contributed by atoms with van der Waals surface area (Å²) in [5.74, 6) is 2.15. The average molecular weight is 393 g/mol. The third-order valence-electron chi connectivity index (χ3n) is 4.91. The molecular formula is C19H19N7O3. The first-order valence-corrected chi connectivity index (χ1v) is 9.14. The standard InChI is InChI=1S/C19H19N7O3/c1-14-20-5-6-25(14)18-12-17(21-13-22-18)23-7-9-24(10-8-23)19(27)15-3-2-4-16(11-15)26(28)29/h2-6,11-13H,7-10H2,1H3. The van der Waals surface area contributed by atoms with Gasteiger partial charge in [0.15, 0.2) is 0 Å². The number of nitrogens with zero attached hydrogens (tertiary/aromatic N) is 7. The molecule has 0 aliphatic carbocycles. The van der Waals surface area contributed by atoms with Crippen molar-refractivity contribution in [2.45, 2.75) is 6.92 Å². The van der Waals surface area contributed by atoms with Crippen LogP contribution in [0.5, 0.6) is 0 Å². The zero-order chi connectivity index (χ0) is 20.4. The molecule has 10 nitrogen and oxygen atoms in total. The van der Waals surface area contributed by atoms with E-state index in [4.69, 9.17) is 0 Å². The van der Waals surface area contributed by atoms with Gasteiger partial charge in [0.05, 0.1) is 4.92 Å². The van der Waals surface area contributed by atoms with Crippen LogP contribution in [0.3, 0.4) is 0 Å². The van der Waals surface area contributed by atoms with Gasteiger partial charge in [-0.25, -0.2) is 15.0 Å². The maximum atomic E-state index is 12.7. The maximum Gasteiger partial charge on any atom is 0.270 e. The number of hydrogen-bond donors (Lipinski definition) is 0. The zero-order valence-corrected chi connectivity index (χ0v) is 15.8. The second-order valence-electron chi connectivity index (χ2n) is 6.67. The molecule has 29 heavy (non-hydrogen) atoms. The SMILES string of the molecule is Cc1nccn1-c1cc(N2CCN(C(=O)c3cccc([N+](=O)[O-])c3)CC2)ncn1. The van der Waals surface area contributed by atoms with Gasteiger partial charge in [-0.2, -0.15) is 0 Å². The minimum atomic E-state index is -0.497. The van der Waals surface area contributed by atoms with Crippen molar-refractivity contribution in [1.82, 2.24) is 24.4 Å². The first-order valence-electron chi connectivity index (χ1n) is 9.14. The molecule has 0 unspecified atom stereocenters. The number of non-ortho nitro benzene ring substituents is 1. The molecule has 1 aromatic carbocycles. The average Bonchev–Trinajstić information content (AvgIpc) is 3.19. The largest absolute Gasteiger partial charge is 0.353 e. The number of rotatable bonds is 4. The van der Waals surface area contributed by atoms with Gasteiger partial charge in [0.25, 0.3) is 11.6 Å². The minimum absolute atomic E-state index is 0.0854. The van der Waals surface area contributed by atoms with Crippen LogP contribution in [-0.4, -0.2) is 61.4 Å². The number of carbonyl (C=O) groups excluding carboxylic acids is 1. The molecule has 2 aromatic heterocycles. The van der Waals surface area contributed by atoms with E-state index in [1.54, 1.807) is 17.2 Å². The van der Waals surface area contributed by atoms with Gasteiger partial charge in [-0.05, 0) is 13.0 Å². The smallest absolute Gasteiger partial charge is 0.270 e. The van der Waals surface area contributed by atoms with Gasteiger partial charge in [0.2, 0.25) is 0 Å². The first-order chi connectivity index (χ1) is 14.0. The lowest BCUT2D eigenvalue weighted by Gasteiger charge is -2.35. The molecule has 0 saturated carbocycles. The lowest BCUT2D eigenvalue weighted by atomic mass is 10.1. The number of nitro groups is 1. The van der Waals surface area contributed by atoms with E-state index in [-0.39, 0.29) is 11.6 Å². The third-order valence-corrected chi connectivity index (χ3v) is 4.91. The van der Waals surface area contributed by atoms with Crippen molar-refractivity contribution in [1.29, 1.82) is 0 Å². The quantitative estimate of drug-likeness (QED) is 0.491. The first kappa shape index (κ1) is 18.5. The molecule has 148 valence electrons. The number of hydrogen-bond acceptors (Lipinski definition) is 7. The summed E-state index contributed by atoms with van der Waals surface area (Å²) in [6.45, 7) is 4.13. The summed E-state index contributed by atoms with van der Waals surface area (Å²) >= 11 is 0. The molecule has 1 aliphatic heterocycles. The van der Waals surface area contributed by atoms with Crippen LogP contribution in [0.2, 0.25) is 0 Å². The fraction of sp³-hybridized carbons (Fsp3) is 0.263. The molecule has 0 atom stereocenters. The van der Waals surface area contributed by atoms with Gasteiger partial charge in [-0.1, -0.05) is 6.07 Å². The number of benzene rings is 1. The van der Waals surface area contributed by atoms with Gasteiger partial charge in [-0.15, -0.1) is 0 Å². The second-order valence-corrected chi connectivity index (χ2v) is 6.67. The Bertz CT molecular complexity index is 1060. The number of aromatic nitrogens is 4. The summed E-state index contributed by atoms with van der Waals surface area (Å²) in [4.78, 5) is 39.8. The van der Waals surface area contributed by atoms with Crippen LogP contribution in [-0.2, 0) is 0 Å². The number of nitro benzene ring substituents is 1. The van der Waals surface area contributed by atoms with Crippen molar-refractivity contribution >= 4 is 17.4 Å². The Hall–Kier alpha value is -3.82. The molecule has 4 rings (SSSR count). The van der Waals surface area contributed by atoms with Crippen LogP contribution < -0.4 is 4.90 Å². The second kappa shape index (κ2) is 7.66. The molecule has 1 amide bonds. The van der Waals surface area contributed by atoms with Crippen molar-refractivity contribution in [3.05, 3.63) is 70.6 Å². The summed E-state index contributed by atoms with van der Waals surface area (Å²) in [6.07, 6.45) is 5.08. The molecule has 10 heteroatoms. The summed E-state index contributed by atoms with van der Waals surface area (Å²) in [5, 5.41) is 10.9. The highest BCUT2D eigenvalue weighted by Gasteiger charge is 2.24. The monoisotopic (exact) mass is 393 g/mol. The van der Waals surface area contributed by atoms with Crippen LogP contribution in [0.25, 0.3) is 5.82 Å². The fourth-order valence-electron chi connectivity index (χ4n) is 3.34. The summed E-state index contributed by atoms with van der Waals surface area (Å²) in [6, 6.07) is 7.73. The predicted octanol–water partition coefficient (Wildman–Crippen LogP) is 1.84. The van der Waals surface area contributed by atoms with Gasteiger partial charge < -0.3 is 9.80 Å². The fourth-order valence-corrected chi connectivity index (χ4v) is 3.34. The Kier molecular flexibility index (Phi) is 4.90. The number of aryl methyl sites for hydroxylation is 1. The van der Waals surface area contributed by atoms with Crippen LogP contribution in [0.1, 0.15) is 16.2 Å². The molecule has 1 saturated heterocycles.